The fraction of sp³-hybridized carbons (Fsp3) is 0.316. The number of pyridine rings is 1. The molecule has 1 heterocycles. The molecular weight excluding hydrogens is 337 g/mol. The van der Waals surface area contributed by atoms with Gasteiger partial charge in [-0.05, 0) is 43.5 Å². The zero-order valence-corrected chi connectivity index (χ0v) is 14.4. The first-order chi connectivity index (χ1) is 12.6. The molecular formula is C19H20FN3O3. The lowest BCUT2D eigenvalue weighted by Gasteiger charge is -2.17. The van der Waals surface area contributed by atoms with E-state index in [1.807, 2.05) is 0 Å². The Labute approximate surface area is 150 Å². The van der Waals surface area contributed by atoms with E-state index in [0.717, 1.165) is 12.8 Å². The molecule has 2 aromatic rings. The van der Waals surface area contributed by atoms with Gasteiger partial charge in [0.2, 0.25) is 5.91 Å². The van der Waals surface area contributed by atoms with Crippen LogP contribution in [0.15, 0.2) is 42.6 Å². The Morgan fingerprint density at radius 3 is 2.62 bits per heavy atom. The summed E-state index contributed by atoms with van der Waals surface area (Å²) in [5.74, 6) is -0.376. The SMILES string of the molecule is CC[C@H](Oc1ccccc1F)C(=O)Nc1ccc(NC(=O)C2CC2)nc1. The molecule has 0 radical (unpaired) electrons. The van der Waals surface area contributed by atoms with Crippen molar-refractivity contribution in [3.8, 4) is 5.75 Å². The summed E-state index contributed by atoms with van der Waals surface area (Å²) in [6.07, 6.45) is 2.83. The molecule has 0 bridgehead atoms. The van der Waals surface area contributed by atoms with E-state index in [2.05, 4.69) is 15.6 Å². The molecule has 7 heteroatoms. The number of benzene rings is 1. The second-order valence-electron chi connectivity index (χ2n) is 6.13. The highest BCUT2D eigenvalue weighted by Gasteiger charge is 2.29. The highest BCUT2D eigenvalue weighted by molar-refractivity contribution is 5.95. The van der Waals surface area contributed by atoms with Gasteiger partial charge in [0.1, 0.15) is 5.82 Å². The summed E-state index contributed by atoms with van der Waals surface area (Å²) in [5, 5.41) is 5.41. The van der Waals surface area contributed by atoms with Crippen LogP contribution in [0.3, 0.4) is 0 Å². The lowest BCUT2D eigenvalue weighted by Crippen LogP contribution is -2.32. The normalized spacial score (nSPS) is 14.4. The molecule has 1 fully saturated rings. The first-order valence-electron chi connectivity index (χ1n) is 8.55. The number of amides is 2. The standard InChI is InChI=1S/C19H20FN3O3/c1-2-15(26-16-6-4-3-5-14(16)20)19(25)22-13-9-10-17(21-11-13)23-18(24)12-7-8-12/h3-6,9-12,15H,2,7-8H2,1H3,(H,22,25)(H,21,23,24)/t15-/m0/s1. The predicted octanol–water partition coefficient (Wildman–Crippen LogP) is 3.37. The maximum absolute atomic E-state index is 13.7. The number of anilines is 2. The van der Waals surface area contributed by atoms with E-state index in [4.69, 9.17) is 4.74 Å². The average Bonchev–Trinajstić information content (AvgIpc) is 3.48. The highest BCUT2D eigenvalue weighted by atomic mass is 19.1. The van der Waals surface area contributed by atoms with Crippen LogP contribution in [0.4, 0.5) is 15.9 Å². The molecule has 136 valence electrons. The molecule has 0 spiro atoms. The maximum Gasteiger partial charge on any atom is 0.265 e. The molecule has 1 aromatic carbocycles. The largest absolute Gasteiger partial charge is 0.478 e. The lowest BCUT2D eigenvalue weighted by atomic mass is 10.2. The molecule has 26 heavy (non-hydrogen) atoms. The fourth-order valence-corrected chi connectivity index (χ4v) is 2.35. The van der Waals surface area contributed by atoms with Crippen LogP contribution >= 0.6 is 0 Å². The number of aromatic nitrogens is 1. The highest BCUT2D eigenvalue weighted by Crippen LogP contribution is 2.30. The summed E-state index contributed by atoms with van der Waals surface area (Å²) >= 11 is 0. The fourth-order valence-electron chi connectivity index (χ4n) is 2.35. The van der Waals surface area contributed by atoms with Crippen LogP contribution in [0, 0.1) is 11.7 Å². The van der Waals surface area contributed by atoms with E-state index in [0.29, 0.717) is 17.9 Å². The Kier molecular flexibility index (Phi) is 5.46. The first-order valence-corrected chi connectivity index (χ1v) is 8.55. The van der Waals surface area contributed by atoms with Gasteiger partial charge in [-0.1, -0.05) is 19.1 Å². The van der Waals surface area contributed by atoms with Crippen molar-refractivity contribution in [2.24, 2.45) is 5.92 Å². The Bertz CT molecular complexity index is 791. The van der Waals surface area contributed by atoms with Gasteiger partial charge in [-0.15, -0.1) is 0 Å². The molecule has 1 aliphatic carbocycles. The summed E-state index contributed by atoms with van der Waals surface area (Å²) in [6.45, 7) is 1.78. The quantitative estimate of drug-likeness (QED) is 0.796. The molecule has 2 amide bonds. The van der Waals surface area contributed by atoms with Crippen molar-refractivity contribution >= 4 is 23.3 Å². The summed E-state index contributed by atoms with van der Waals surface area (Å²) in [6, 6.07) is 9.21. The summed E-state index contributed by atoms with van der Waals surface area (Å²) in [5.41, 5.74) is 0.468. The molecule has 1 saturated carbocycles. The van der Waals surface area contributed by atoms with Crippen molar-refractivity contribution < 1.29 is 18.7 Å². The number of halogens is 1. The number of ether oxygens (including phenoxy) is 1. The minimum Gasteiger partial charge on any atom is -0.478 e. The third-order valence-electron chi connectivity index (χ3n) is 4.00. The van der Waals surface area contributed by atoms with E-state index in [1.165, 1.54) is 18.3 Å². The Morgan fingerprint density at radius 2 is 2.00 bits per heavy atom. The van der Waals surface area contributed by atoms with Crippen molar-refractivity contribution in [3.05, 3.63) is 48.4 Å². The smallest absolute Gasteiger partial charge is 0.265 e. The van der Waals surface area contributed by atoms with Crippen LogP contribution in [0.2, 0.25) is 0 Å². The van der Waals surface area contributed by atoms with E-state index < -0.39 is 17.8 Å². The number of nitrogens with one attached hydrogen (secondary N) is 2. The molecule has 2 N–H and O–H groups in total. The van der Waals surface area contributed by atoms with Crippen molar-refractivity contribution in [1.29, 1.82) is 0 Å². The Balaban J connectivity index is 1.58. The summed E-state index contributed by atoms with van der Waals surface area (Å²) in [7, 11) is 0. The van der Waals surface area contributed by atoms with E-state index in [-0.39, 0.29) is 17.6 Å². The second kappa shape index (κ2) is 7.95. The molecule has 3 rings (SSSR count). The van der Waals surface area contributed by atoms with Gasteiger partial charge in [0.15, 0.2) is 17.7 Å². The monoisotopic (exact) mass is 357 g/mol. The minimum absolute atomic E-state index is 0.0291. The Hall–Kier alpha value is -2.96. The molecule has 0 aliphatic heterocycles. The van der Waals surface area contributed by atoms with Crippen molar-refractivity contribution in [2.45, 2.75) is 32.3 Å². The van der Waals surface area contributed by atoms with Crippen molar-refractivity contribution in [1.82, 2.24) is 4.98 Å². The number of nitrogens with zero attached hydrogens (tertiary/aromatic N) is 1. The summed E-state index contributed by atoms with van der Waals surface area (Å²) in [4.78, 5) is 28.2. The average molecular weight is 357 g/mol. The molecule has 6 nitrogen and oxygen atoms in total. The molecule has 1 atom stereocenters. The van der Waals surface area contributed by atoms with Crippen LogP contribution in [-0.2, 0) is 9.59 Å². The van der Waals surface area contributed by atoms with Gasteiger partial charge in [-0.2, -0.15) is 0 Å². The second-order valence-corrected chi connectivity index (χ2v) is 6.13. The maximum atomic E-state index is 13.7. The predicted molar refractivity (Wildman–Crippen MR) is 95.3 cm³/mol. The van der Waals surface area contributed by atoms with Gasteiger partial charge in [-0.25, -0.2) is 9.37 Å². The van der Waals surface area contributed by atoms with E-state index in [9.17, 15) is 14.0 Å². The van der Waals surface area contributed by atoms with Gasteiger partial charge in [0.05, 0.1) is 11.9 Å². The molecule has 0 saturated heterocycles. The van der Waals surface area contributed by atoms with Crippen molar-refractivity contribution in [3.63, 3.8) is 0 Å². The zero-order chi connectivity index (χ0) is 18.5. The number of hydrogen-bond acceptors (Lipinski definition) is 4. The van der Waals surface area contributed by atoms with Crippen molar-refractivity contribution in [2.75, 3.05) is 10.6 Å². The number of carbonyl (C=O) groups is 2. The zero-order valence-electron chi connectivity index (χ0n) is 14.4. The van der Waals surface area contributed by atoms with Crippen LogP contribution < -0.4 is 15.4 Å². The lowest BCUT2D eigenvalue weighted by molar-refractivity contribution is -0.123. The molecule has 0 unspecified atom stereocenters. The van der Waals surface area contributed by atoms with Gasteiger partial charge >= 0.3 is 0 Å². The number of hydrogen-bond donors (Lipinski definition) is 2. The number of carbonyl (C=O) groups excluding carboxylic acids is 2. The topological polar surface area (TPSA) is 80.3 Å². The van der Waals surface area contributed by atoms with Crippen LogP contribution in [-0.4, -0.2) is 22.9 Å². The first kappa shape index (κ1) is 17.8. The van der Waals surface area contributed by atoms with Gasteiger partial charge in [0, 0.05) is 5.92 Å². The van der Waals surface area contributed by atoms with Crippen LogP contribution in [0.1, 0.15) is 26.2 Å². The molecule has 1 aromatic heterocycles. The Morgan fingerprint density at radius 1 is 1.23 bits per heavy atom. The minimum atomic E-state index is -0.832. The van der Waals surface area contributed by atoms with Crippen LogP contribution in [0.5, 0.6) is 5.75 Å². The third kappa shape index (κ3) is 4.56. The van der Waals surface area contributed by atoms with Gasteiger partial charge in [0.25, 0.3) is 5.91 Å². The van der Waals surface area contributed by atoms with E-state index in [1.54, 1.807) is 31.2 Å². The molecule has 1 aliphatic rings. The third-order valence-corrected chi connectivity index (χ3v) is 4.00. The van der Waals surface area contributed by atoms with Gasteiger partial charge in [-0.3, -0.25) is 9.59 Å². The van der Waals surface area contributed by atoms with Gasteiger partial charge < -0.3 is 15.4 Å². The van der Waals surface area contributed by atoms with Crippen LogP contribution in [0.25, 0.3) is 0 Å². The number of para-hydroxylation sites is 1. The van der Waals surface area contributed by atoms with E-state index >= 15 is 0 Å². The summed E-state index contributed by atoms with van der Waals surface area (Å²) < 4.78 is 19.2. The number of rotatable bonds is 7.